The zero-order valence-corrected chi connectivity index (χ0v) is 75.9. The highest BCUT2D eigenvalue weighted by molar-refractivity contribution is 6.40. The Bertz CT molecular complexity index is 7120. The standard InChI is InChI=1S/C112H106N12/c1-105(2,3)69-39-65(40-70(47-69)106(4,5)6)95-85-29-25-81(117-85)93(63-35-59(55-113)33-60(36-63)56-114)82-26-30-86(118-82)97(67-43-73(109(13,14)15)49-74(44-67)110(16,17)18)91-53-79-80-54-92-98(68-45-75(111(19,20)21)50-76(46-68)112(22,23)24)88-32-28-84(120-88)94(64-37-61(57-115)34-62(38-64)58-116)83-27-31-87(119-83)96(66-41-71(107(7,8)9)48-72(42-66)108(10,11)12)90-52-78-77-51-89(95)121-101(77)99(103(79)123-91)100(102(78)122-90)104(80)124-92/h25-54,117,120,122-123H,1-24H3. The summed E-state index contributed by atoms with van der Waals surface area (Å²) in [5.74, 6) is 0. The molecule has 12 nitrogen and oxygen atoms in total. The third-order valence-electron chi connectivity index (χ3n) is 25.6. The Morgan fingerprint density at radius 1 is 0.226 bits per heavy atom. The molecule has 0 radical (unpaired) electrons. The van der Waals surface area contributed by atoms with E-state index in [0.29, 0.717) is 56.2 Å². The van der Waals surface area contributed by atoms with Crippen molar-refractivity contribution in [2.24, 2.45) is 0 Å². The Kier molecular flexibility index (Phi) is 18.4. The van der Waals surface area contributed by atoms with Crippen LogP contribution >= 0.6 is 0 Å². The smallest absolute Gasteiger partial charge is 0.0992 e. The lowest BCUT2D eigenvalue weighted by atomic mass is 9.78. The highest BCUT2D eigenvalue weighted by Crippen LogP contribution is 2.52. The molecule has 18 rings (SSSR count). The molecular weight excluding hydrogens is 1510 g/mol. The lowest BCUT2D eigenvalue weighted by molar-refractivity contribution is 0.568. The van der Waals surface area contributed by atoms with Gasteiger partial charge in [-0.1, -0.05) is 239 Å². The van der Waals surface area contributed by atoms with E-state index in [0.717, 1.165) is 154 Å². The second-order valence-electron chi connectivity index (χ2n) is 43.0. The van der Waals surface area contributed by atoms with Crippen LogP contribution in [0.5, 0.6) is 0 Å². The minimum absolute atomic E-state index is 0.278. The van der Waals surface area contributed by atoms with Gasteiger partial charge in [0, 0.05) is 98.8 Å². The Balaban J connectivity index is 1.16. The summed E-state index contributed by atoms with van der Waals surface area (Å²) in [6.45, 7) is 54.7. The van der Waals surface area contributed by atoms with Crippen LogP contribution in [0.1, 0.15) is 256 Å². The molecule has 2 aliphatic heterocycles. The van der Waals surface area contributed by atoms with Crippen LogP contribution in [0, 0.1) is 45.3 Å². The molecule has 8 aromatic heterocycles. The third kappa shape index (κ3) is 14.1. The van der Waals surface area contributed by atoms with Gasteiger partial charge in [-0.05, 0) is 230 Å². The molecule has 0 saturated carbocycles. The van der Waals surface area contributed by atoms with Gasteiger partial charge in [-0.15, -0.1) is 0 Å². The highest BCUT2D eigenvalue weighted by atomic mass is 14.8. The number of hydrogen-bond donors (Lipinski definition) is 4. The first kappa shape index (κ1) is 81.5. The maximum atomic E-state index is 10.8. The number of fused-ring (bicyclic) bond motifs is 14. The molecule has 10 heterocycles. The molecule has 0 aliphatic carbocycles. The predicted molar refractivity (Wildman–Crippen MR) is 518 cm³/mol. The second kappa shape index (κ2) is 28.0. The van der Waals surface area contributed by atoms with Gasteiger partial charge in [0.1, 0.15) is 0 Å². The van der Waals surface area contributed by atoms with Crippen LogP contribution in [0.25, 0.3) is 190 Å². The van der Waals surface area contributed by atoms with E-state index in [1.165, 1.54) is 44.5 Å². The Morgan fingerprint density at radius 2 is 0.452 bits per heavy atom. The van der Waals surface area contributed by atoms with Gasteiger partial charge >= 0.3 is 0 Å². The number of nitriles is 4. The molecular formula is C112H106N12. The fourth-order valence-electron chi connectivity index (χ4n) is 18.3. The summed E-state index contributed by atoms with van der Waals surface area (Å²) in [5, 5.41) is 48.8. The molecule has 4 N–H and O–H groups in total. The molecule has 2 aliphatic rings. The van der Waals surface area contributed by atoms with Crippen LogP contribution in [-0.2, 0) is 43.3 Å². The van der Waals surface area contributed by atoms with Crippen molar-refractivity contribution in [3.05, 3.63) is 247 Å². The second-order valence-corrected chi connectivity index (χ2v) is 43.0. The fraction of sp³-hybridized carbons (Fsp3) is 0.286. The van der Waals surface area contributed by atoms with Crippen LogP contribution in [0.2, 0.25) is 0 Å². The van der Waals surface area contributed by atoms with E-state index in [2.05, 4.69) is 356 Å². The van der Waals surface area contributed by atoms with E-state index in [9.17, 15) is 21.0 Å². The van der Waals surface area contributed by atoms with Gasteiger partial charge in [0.05, 0.1) is 102 Å². The number of hydrogen-bond acceptors (Lipinski definition) is 8. The number of rotatable bonds is 6. The highest BCUT2D eigenvalue weighted by Gasteiger charge is 2.33. The summed E-state index contributed by atoms with van der Waals surface area (Å²) in [4.78, 5) is 41.3. The number of benzene rings is 8. The van der Waals surface area contributed by atoms with Crippen LogP contribution in [0.15, 0.2) is 158 Å². The average Bonchev–Trinajstić information content (AvgIpc) is 1.52. The molecule has 124 heavy (non-hydrogen) atoms. The number of H-pyrrole nitrogens is 4. The van der Waals surface area contributed by atoms with Crippen molar-refractivity contribution in [3.8, 4) is 91.0 Å². The van der Waals surface area contributed by atoms with Crippen molar-refractivity contribution >= 4 is 123 Å². The van der Waals surface area contributed by atoms with E-state index < -0.39 is 0 Å². The van der Waals surface area contributed by atoms with Crippen molar-refractivity contribution in [2.75, 3.05) is 0 Å². The van der Waals surface area contributed by atoms with Gasteiger partial charge in [0.15, 0.2) is 0 Å². The minimum Gasteiger partial charge on any atom is -0.354 e. The first-order chi connectivity index (χ1) is 58.2. The third-order valence-corrected chi connectivity index (χ3v) is 25.6. The maximum Gasteiger partial charge on any atom is 0.0992 e. The van der Waals surface area contributed by atoms with Gasteiger partial charge in [-0.2, -0.15) is 21.0 Å². The molecule has 0 atom stereocenters. The number of aromatic nitrogens is 8. The summed E-state index contributed by atoms with van der Waals surface area (Å²) in [7, 11) is 0. The van der Waals surface area contributed by atoms with E-state index in [1.54, 1.807) is 12.1 Å². The normalized spacial score (nSPS) is 13.2. The number of nitrogens with one attached hydrogen (secondary N) is 4. The summed E-state index contributed by atoms with van der Waals surface area (Å²) < 4.78 is 0. The molecule has 0 saturated heterocycles. The molecule has 0 amide bonds. The summed E-state index contributed by atoms with van der Waals surface area (Å²) in [5.41, 5.74) is 30.9. The molecule has 8 aromatic carbocycles. The van der Waals surface area contributed by atoms with Crippen molar-refractivity contribution in [1.82, 2.24) is 39.9 Å². The fourth-order valence-corrected chi connectivity index (χ4v) is 18.3. The zero-order chi connectivity index (χ0) is 88.3. The maximum absolute atomic E-state index is 10.8. The first-order valence-electron chi connectivity index (χ1n) is 43.3. The van der Waals surface area contributed by atoms with Gasteiger partial charge in [0.2, 0.25) is 0 Å². The largest absolute Gasteiger partial charge is 0.354 e. The van der Waals surface area contributed by atoms with Gasteiger partial charge in [-0.3, -0.25) is 0 Å². The molecule has 0 unspecified atom stereocenters. The van der Waals surface area contributed by atoms with E-state index in [4.69, 9.17) is 19.9 Å². The summed E-state index contributed by atoms with van der Waals surface area (Å²) >= 11 is 0. The topological polar surface area (TPSA) is 210 Å². The molecule has 16 bridgehead atoms. The van der Waals surface area contributed by atoms with Crippen molar-refractivity contribution in [3.63, 3.8) is 0 Å². The van der Waals surface area contributed by atoms with Gasteiger partial charge in [0.25, 0.3) is 0 Å². The Morgan fingerprint density at radius 3 is 0.694 bits per heavy atom. The molecule has 0 fully saturated rings. The van der Waals surface area contributed by atoms with Crippen LogP contribution in [-0.4, -0.2) is 39.9 Å². The van der Waals surface area contributed by atoms with Gasteiger partial charge < -0.3 is 19.9 Å². The zero-order valence-electron chi connectivity index (χ0n) is 75.9. The van der Waals surface area contributed by atoms with Gasteiger partial charge in [-0.25, -0.2) is 19.9 Å². The van der Waals surface area contributed by atoms with Crippen molar-refractivity contribution in [1.29, 1.82) is 21.0 Å². The monoisotopic (exact) mass is 1620 g/mol. The summed E-state index contributed by atoms with van der Waals surface area (Å²) in [6, 6.07) is 66.5. The number of nitrogens with zero attached hydrogens (tertiary/aromatic N) is 8. The van der Waals surface area contributed by atoms with E-state index >= 15 is 0 Å². The lowest BCUT2D eigenvalue weighted by Crippen LogP contribution is -2.16. The first-order valence-corrected chi connectivity index (χ1v) is 43.3. The predicted octanol–water partition coefficient (Wildman–Crippen LogP) is 29.5. The quantitative estimate of drug-likeness (QED) is 0.126. The molecule has 614 valence electrons. The van der Waals surface area contributed by atoms with Crippen molar-refractivity contribution < 1.29 is 0 Å². The molecule has 16 aromatic rings. The minimum atomic E-state index is -0.278. The van der Waals surface area contributed by atoms with Crippen LogP contribution in [0.4, 0.5) is 0 Å². The van der Waals surface area contributed by atoms with Crippen LogP contribution in [0.3, 0.4) is 0 Å². The Labute approximate surface area is 726 Å². The lowest BCUT2D eigenvalue weighted by Gasteiger charge is -2.26. The summed E-state index contributed by atoms with van der Waals surface area (Å²) in [6.07, 6.45) is 8.45. The Hall–Kier alpha value is -13.5. The SMILES string of the molecule is CC(C)(C)c1cc(-c2c3nc(c(-c4cc(C#N)cc(C#N)c4)c4ccc([nH]4)c(-c4cc(C(C)(C)C)cc(C(C)(C)C)c4)c4cc5c6cc7[nH]c6c6c8nc(cc8c8cc2[nH]c8c6c5n4)c(-c2cc(C(C)(C)C)cc(C(C)(C)C)c2)c2ccc([nH]2)c(-c2cc(C#N)cc(C#N)c2)c2nc(c7-c4cc(C(C)(C)C)cc(C(C)(C)C)c4)C=C2)C=C3)cc(C(C)(C)C)c1. The number of aromatic amines is 4. The van der Waals surface area contributed by atoms with E-state index in [-0.39, 0.29) is 43.3 Å². The molecule has 12 heteroatoms. The van der Waals surface area contributed by atoms with Crippen molar-refractivity contribution in [2.45, 2.75) is 209 Å². The average molecular weight is 1620 g/mol. The van der Waals surface area contributed by atoms with E-state index in [1.807, 2.05) is 24.3 Å². The molecule has 0 spiro atoms. The van der Waals surface area contributed by atoms with Crippen LogP contribution < -0.4 is 0 Å².